The number of nitrogens with two attached hydrogens (primary N) is 1. The largest absolute Gasteiger partial charge is 0.382 e. The van der Waals surface area contributed by atoms with Gasteiger partial charge in [0.05, 0.1) is 17.9 Å². The van der Waals surface area contributed by atoms with Crippen LogP contribution in [0.4, 0.5) is 10.2 Å². The molecule has 9 heteroatoms. The molecule has 2 aromatic carbocycles. The summed E-state index contributed by atoms with van der Waals surface area (Å²) in [5.74, 6) is 0.733. The van der Waals surface area contributed by atoms with Crippen LogP contribution in [0.3, 0.4) is 0 Å². The minimum Gasteiger partial charge on any atom is -0.382 e. The van der Waals surface area contributed by atoms with E-state index in [0.29, 0.717) is 49.1 Å². The van der Waals surface area contributed by atoms with Crippen LogP contribution in [0.25, 0.3) is 5.69 Å². The predicted octanol–water partition coefficient (Wildman–Crippen LogP) is 3.77. The van der Waals surface area contributed by atoms with Gasteiger partial charge >= 0.3 is 0 Å². The Labute approximate surface area is 204 Å². The zero-order valence-electron chi connectivity index (χ0n) is 17.9. The van der Waals surface area contributed by atoms with Crippen molar-refractivity contribution in [1.29, 1.82) is 5.26 Å². The molecule has 1 aromatic heterocycles. The molecule has 0 aliphatic rings. The number of guanidine groups is 1. The number of anilines is 1. The number of hydrogen-bond acceptors (Lipinski definition) is 4. The second-order valence-corrected chi connectivity index (χ2v) is 6.92. The molecular formula is C23H27FIN7. The zero-order chi connectivity index (χ0) is 22.1. The van der Waals surface area contributed by atoms with E-state index < -0.39 is 0 Å². The normalized spacial score (nSPS) is 10.8. The molecule has 7 nitrogen and oxygen atoms in total. The molecule has 0 unspecified atom stereocenters. The van der Waals surface area contributed by atoms with Gasteiger partial charge < -0.3 is 16.4 Å². The highest BCUT2D eigenvalue weighted by molar-refractivity contribution is 14.0. The molecule has 0 bridgehead atoms. The first-order chi connectivity index (χ1) is 15.1. The van der Waals surface area contributed by atoms with E-state index in [1.165, 1.54) is 12.1 Å². The van der Waals surface area contributed by atoms with Crippen molar-refractivity contribution in [3.05, 3.63) is 77.2 Å². The Hall–Kier alpha value is -3.13. The van der Waals surface area contributed by atoms with Gasteiger partial charge in [-0.15, -0.1) is 24.0 Å². The first-order valence-corrected chi connectivity index (χ1v) is 10.2. The Morgan fingerprint density at radius 1 is 1.19 bits per heavy atom. The molecule has 168 valence electrons. The number of nitriles is 1. The van der Waals surface area contributed by atoms with Crippen LogP contribution in [0.1, 0.15) is 30.2 Å². The van der Waals surface area contributed by atoms with Crippen molar-refractivity contribution in [3.8, 4) is 11.8 Å². The third-order valence-electron chi connectivity index (χ3n) is 4.64. The number of aliphatic imine (C=N–C) groups is 1. The highest BCUT2D eigenvalue weighted by Gasteiger charge is 2.16. The van der Waals surface area contributed by atoms with E-state index >= 15 is 0 Å². The van der Waals surface area contributed by atoms with E-state index in [1.54, 1.807) is 10.7 Å². The highest BCUT2D eigenvalue weighted by Crippen LogP contribution is 2.21. The van der Waals surface area contributed by atoms with E-state index in [9.17, 15) is 9.65 Å². The maximum absolute atomic E-state index is 13.3. The lowest BCUT2D eigenvalue weighted by molar-refractivity contribution is 0.625. The molecule has 0 aliphatic heterocycles. The number of hydrogen-bond donors (Lipinski definition) is 3. The van der Waals surface area contributed by atoms with Gasteiger partial charge in [0, 0.05) is 13.1 Å². The standard InChI is InChI=1S/C23H26FN7.HI/c1-2-27-23(29-16-17-8-6-9-18(24)14-17)28-13-7-12-21-20(15-25)22(26)31(30-21)19-10-4-3-5-11-19;/h3-6,8-11,14H,2,7,12-13,16,26H2,1H3,(H2,27,28,29);1H. The number of nitrogens with zero attached hydrogens (tertiary/aromatic N) is 4. The summed E-state index contributed by atoms with van der Waals surface area (Å²) in [6.45, 7) is 3.71. The minimum atomic E-state index is -0.270. The maximum Gasteiger partial charge on any atom is 0.191 e. The molecule has 32 heavy (non-hydrogen) atoms. The van der Waals surface area contributed by atoms with Gasteiger partial charge in [0.2, 0.25) is 0 Å². The van der Waals surface area contributed by atoms with Crippen molar-refractivity contribution in [2.75, 3.05) is 18.8 Å². The Morgan fingerprint density at radius 3 is 2.66 bits per heavy atom. The Bertz CT molecular complexity index is 1070. The molecule has 3 rings (SSSR count). The summed E-state index contributed by atoms with van der Waals surface area (Å²) in [6.07, 6.45) is 1.34. The summed E-state index contributed by atoms with van der Waals surface area (Å²) in [4.78, 5) is 4.50. The van der Waals surface area contributed by atoms with Crippen LogP contribution in [0.5, 0.6) is 0 Å². The van der Waals surface area contributed by atoms with Crippen LogP contribution >= 0.6 is 24.0 Å². The van der Waals surface area contributed by atoms with Crippen molar-refractivity contribution in [1.82, 2.24) is 20.4 Å². The Kier molecular flexibility index (Phi) is 9.94. The van der Waals surface area contributed by atoms with Gasteiger partial charge in [-0.2, -0.15) is 10.4 Å². The SMILES string of the molecule is CCNC(=NCc1cccc(F)c1)NCCCc1nn(-c2ccccc2)c(N)c1C#N.I. The monoisotopic (exact) mass is 547 g/mol. The van der Waals surface area contributed by atoms with Crippen LogP contribution in [0, 0.1) is 17.1 Å². The van der Waals surface area contributed by atoms with Crippen LogP contribution in [0.15, 0.2) is 59.6 Å². The number of aromatic nitrogens is 2. The van der Waals surface area contributed by atoms with Crippen molar-refractivity contribution in [2.45, 2.75) is 26.3 Å². The quantitative estimate of drug-likeness (QED) is 0.173. The number of nitrogen functional groups attached to an aromatic ring is 1. The van der Waals surface area contributed by atoms with Gasteiger partial charge in [-0.3, -0.25) is 0 Å². The second kappa shape index (κ2) is 12.7. The van der Waals surface area contributed by atoms with Gasteiger partial charge in [0.15, 0.2) is 5.96 Å². The van der Waals surface area contributed by atoms with Gasteiger partial charge in [-0.1, -0.05) is 30.3 Å². The average molecular weight is 547 g/mol. The molecule has 3 aromatic rings. The van der Waals surface area contributed by atoms with Crippen LogP contribution in [-0.2, 0) is 13.0 Å². The number of aryl methyl sites for hydroxylation is 1. The van der Waals surface area contributed by atoms with Crippen molar-refractivity contribution in [3.63, 3.8) is 0 Å². The molecule has 0 radical (unpaired) electrons. The molecule has 0 atom stereocenters. The summed E-state index contributed by atoms with van der Waals surface area (Å²) in [5.41, 5.74) is 8.86. The highest BCUT2D eigenvalue weighted by atomic mass is 127. The minimum absolute atomic E-state index is 0. The molecule has 4 N–H and O–H groups in total. The van der Waals surface area contributed by atoms with E-state index in [0.717, 1.165) is 17.7 Å². The van der Waals surface area contributed by atoms with E-state index in [2.05, 4.69) is 26.8 Å². The molecule has 0 fully saturated rings. The summed E-state index contributed by atoms with van der Waals surface area (Å²) < 4.78 is 14.9. The van der Waals surface area contributed by atoms with Gasteiger partial charge in [0.1, 0.15) is 23.3 Å². The van der Waals surface area contributed by atoms with Crippen LogP contribution < -0.4 is 16.4 Å². The average Bonchev–Trinajstić information content (AvgIpc) is 3.10. The number of nitrogens with one attached hydrogen (secondary N) is 2. The Balaban J connectivity index is 0.00000363. The molecule has 0 amide bonds. The molecule has 1 heterocycles. The summed E-state index contributed by atoms with van der Waals surface area (Å²) in [7, 11) is 0. The van der Waals surface area contributed by atoms with Crippen LogP contribution in [-0.4, -0.2) is 28.8 Å². The smallest absolute Gasteiger partial charge is 0.191 e. The van der Waals surface area contributed by atoms with E-state index in [-0.39, 0.29) is 29.8 Å². The van der Waals surface area contributed by atoms with Crippen LogP contribution in [0.2, 0.25) is 0 Å². The zero-order valence-corrected chi connectivity index (χ0v) is 20.2. The van der Waals surface area contributed by atoms with Crippen molar-refractivity contribution >= 4 is 35.8 Å². The van der Waals surface area contributed by atoms with Gasteiger partial charge in [-0.05, 0) is 49.6 Å². The molecule has 0 aliphatic carbocycles. The molecule has 0 saturated heterocycles. The maximum atomic E-state index is 13.3. The summed E-state index contributed by atoms with van der Waals surface area (Å²) >= 11 is 0. The first-order valence-electron chi connectivity index (χ1n) is 10.2. The second-order valence-electron chi connectivity index (χ2n) is 6.92. The molecule has 0 saturated carbocycles. The topological polar surface area (TPSA) is 104 Å². The summed E-state index contributed by atoms with van der Waals surface area (Å²) in [5, 5.41) is 20.5. The number of benzene rings is 2. The molecular weight excluding hydrogens is 520 g/mol. The van der Waals surface area contributed by atoms with E-state index in [1.807, 2.05) is 43.3 Å². The number of rotatable bonds is 8. The lowest BCUT2D eigenvalue weighted by Crippen LogP contribution is -2.37. The summed E-state index contributed by atoms with van der Waals surface area (Å²) in [6, 6.07) is 18.1. The fraction of sp³-hybridized carbons (Fsp3) is 0.261. The number of para-hydroxylation sites is 1. The Morgan fingerprint density at radius 2 is 1.97 bits per heavy atom. The van der Waals surface area contributed by atoms with Crippen molar-refractivity contribution in [2.24, 2.45) is 4.99 Å². The lowest BCUT2D eigenvalue weighted by Gasteiger charge is -2.11. The van der Waals surface area contributed by atoms with Crippen molar-refractivity contribution < 1.29 is 4.39 Å². The van der Waals surface area contributed by atoms with E-state index in [4.69, 9.17) is 5.73 Å². The third kappa shape index (κ3) is 6.68. The lowest BCUT2D eigenvalue weighted by atomic mass is 10.1. The number of halogens is 2. The fourth-order valence-corrected chi connectivity index (χ4v) is 3.15. The fourth-order valence-electron chi connectivity index (χ4n) is 3.15. The predicted molar refractivity (Wildman–Crippen MR) is 136 cm³/mol. The van der Waals surface area contributed by atoms with Gasteiger partial charge in [-0.25, -0.2) is 14.1 Å². The van der Waals surface area contributed by atoms with Gasteiger partial charge in [0.25, 0.3) is 0 Å². The first kappa shape index (κ1) is 25.1. The third-order valence-corrected chi connectivity index (χ3v) is 4.64. The molecule has 0 spiro atoms.